The van der Waals surface area contributed by atoms with Crippen LogP contribution in [-0.2, 0) is 35.3 Å². The summed E-state index contributed by atoms with van der Waals surface area (Å²) in [6.07, 6.45) is -0.968. The second-order valence-electron chi connectivity index (χ2n) is 8.91. The van der Waals surface area contributed by atoms with Crippen LogP contribution in [0.25, 0.3) is 0 Å². The van der Waals surface area contributed by atoms with E-state index in [0.29, 0.717) is 10.6 Å². The van der Waals surface area contributed by atoms with Gasteiger partial charge in [0.15, 0.2) is 0 Å². The Morgan fingerprint density at radius 1 is 1.10 bits per heavy atom. The highest BCUT2D eigenvalue weighted by Crippen LogP contribution is 2.40. The number of halogens is 2. The number of aromatic hydroxyl groups is 1. The van der Waals surface area contributed by atoms with Crippen molar-refractivity contribution in [3.05, 3.63) is 74.9 Å². The third-order valence-corrected chi connectivity index (χ3v) is 8.05. The van der Waals surface area contributed by atoms with Crippen LogP contribution in [0.5, 0.6) is 5.75 Å². The number of ether oxygens (including phenoxy) is 2. The summed E-state index contributed by atoms with van der Waals surface area (Å²) in [4.78, 5) is 63.2. The van der Waals surface area contributed by atoms with Gasteiger partial charge in [0.1, 0.15) is 42.1 Å². The molecule has 216 valence electrons. The molecule has 1 unspecified atom stereocenters. The van der Waals surface area contributed by atoms with Gasteiger partial charge in [-0.25, -0.2) is 9.59 Å². The van der Waals surface area contributed by atoms with Crippen molar-refractivity contribution in [3.8, 4) is 5.75 Å². The summed E-state index contributed by atoms with van der Waals surface area (Å²) in [7, 11) is 0. The number of β-lactam (4-membered cyclic amide) rings is 1. The fourth-order valence-electron chi connectivity index (χ4n) is 4.13. The molecular weight excluding hydrogens is 601 g/mol. The molecular formula is C26H23Cl2N3O9S. The van der Waals surface area contributed by atoms with Crippen molar-refractivity contribution in [3.63, 3.8) is 0 Å². The number of carboxylic acid groups (broad SMARTS) is 1. The van der Waals surface area contributed by atoms with Gasteiger partial charge < -0.3 is 30.3 Å². The summed E-state index contributed by atoms with van der Waals surface area (Å²) in [6, 6.07) is 7.66. The third-order valence-electron chi connectivity index (χ3n) is 6.12. The van der Waals surface area contributed by atoms with Gasteiger partial charge in [0.05, 0.1) is 0 Å². The summed E-state index contributed by atoms with van der Waals surface area (Å²) >= 11 is 13.2. The molecule has 3 atom stereocenters. The lowest BCUT2D eigenvalue weighted by Gasteiger charge is -2.49. The smallest absolute Gasteiger partial charge is 0.408 e. The summed E-state index contributed by atoms with van der Waals surface area (Å²) in [5.74, 6) is -3.36. The van der Waals surface area contributed by atoms with Crippen LogP contribution in [0.2, 0.25) is 10.0 Å². The summed E-state index contributed by atoms with van der Waals surface area (Å²) < 4.78 is 10.1. The normalized spacial score (nSPS) is 18.5. The lowest BCUT2D eigenvalue weighted by atomic mass is 10.0. The molecule has 41 heavy (non-hydrogen) atoms. The van der Waals surface area contributed by atoms with Crippen molar-refractivity contribution in [1.82, 2.24) is 15.5 Å². The maximum atomic E-state index is 13.4. The largest absolute Gasteiger partial charge is 0.508 e. The minimum absolute atomic E-state index is 0.0752. The summed E-state index contributed by atoms with van der Waals surface area (Å²) in [5.41, 5.74) is 0.695. The Morgan fingerprint density at radius 3 is 2.44 bits per heavy atom. The average molecular weight is 624 g/mol. The van der Waals surface area contributed by atoms with Crippen molar-refractivity contribution in [2.45, 2.75) is 31.0 Å². The molecule has 0 radical (unpaired) electrons. The van der Waals surface area contributed by atoms with E-state index in [-0.39, 0.29) is 46.6 Å². The van der Waals surface area contributed by atoms with E-state index >= 15 is 0 Å². The van der Waals surface area contributed by atoms with Crippen LogP contribution in [-0.4, -0.2) is 68.7 Å². The number of nitrogens with one attached hydrogen (secondary N) is 2. The number of benzene rings is 2. The van der Waals surface area contributed by atoms with E-state index in [1.807, 2.05) is 0 Å². The van der Waals surface area contributed by atoms with E-state index < -0.39 is 47.3 Å². The number of phenolic OH excluding ortho intramolecular Hbond substituents is 1. The van der Waals surface area contributed by atoms with Gasteiger partial charge in [-0.1, -0.05) is 41.4 Å². The van der Waals surface area contributed by atoms with Crippen LogP contribution in [0.1, 0.15) is 24.1 Å². The topological polar surface area (TPSA) is 172 Å². The number of nitrogens with zero attached hydrogens (tertiary/aromatic N) is 1. The molecule has 0 aliphatic carbocycles. The number of carboxylic acids is 1. The van der Waals surface area contributed by atoms with Gasteiger partial charge in [-0.2, -0.15) is 0 Å². The predicted octanol–water partition coefficient (Wildman–Crippen LogP) is 2.97. The second kappa shape index (κ2) is 12.7. The average Bonchev–Trinajstić information content (AvgIpc) is 2.92. The molecule has 1 saturated heterocycles. The molecule has 2 aliphatic rings. The van der Waals surface area contributed by atoms with Crippen molar-refractivity contribution >= 4 is 64.8 Å². The molecule has 12 nitrogen and oxygen atoms in total. The molecule has 0 saturated carbocycles. The zero-order valence-corrected chi connectivity index (χ0v) is 23.6. The Hall–Kier alpha value is -3.94. The first-order valence-electron chi connectivity index (χ1n) is 12.0. The Kier molecular flexibility index (Phi) is 9.31. The zero-order chi connectivity index (χ0) is 29.8. The van der Waals surface area contributed by atoms with Gasteiger partial charge in [-0.15, -0.1) is 11.8 Å². The molecule has 15 heteroatoms. The van der Waals surface area contributed by atoms with Gasteiger partial charge in [0.25, 0.3) is 5.91 Å². The Balaban J connectivity index is 1.47. The minimum Gasteiger partial charge on any atom is -0.508 e. The van der Waals surface area contributed by atoms with Crippen molar-refractivity contribution < 1.29 is 43.7 Å². The van der Waals surface area contributed by atoms with E-state index in [1.54, 1.807) is 12.1 Å². The number of carbonyl (C=O) groups is 5. The number of esters is 1. The molecule has 2 aromatic carbocycles. The molecule has 0 bridgehead atoms. The van der Waals surface area contributed by atoms with Gasteiger partial charge in [-0.05, 0) is 29.8 Å². The number of thioether (sulfide) groups is 1. The highest BCUT2D eigenvalue weighted by Gasteiger charge is 2.54. The number of rotatable bonds is 9. The van der Waals surface area contributed by atoms with Crippen molar-refractivity contribution in [2.24, 2.45) is 0 Å². The predicted molar refractivity (Wildman–Crippen MR) is 147 cm³/mol. The van der Waals surface area contributed by atoms with Gasteiger partial charge in [-0.3, -0.25) is 19.3 Å². The SMILES string of the molecule is CC(=O)OCC1=C(C(=O)O)N2C(=O)[C@H](NC(=O)C(NC(=O)OCc3ccc(Cl)cc3Cl)c3ccc(O)cc3)[C@H]2SC1. The number of hydrogen-bond donors (Lipinski definition) is 4. The maximum Gasteiger partial charge on any atom is 0.408 e. The summed E-state index contributed by atoms with van der Waals surface area (Å²) in [5, 5.41) is 24.4. The van der Waals surface area contributed by atoms with E-state index in [1.165, 1.54) is 49.0 Å². The standard InChI is InChI=1S/C26H23Cl2N3O9S/c1-12(32)39-10-15-11-41-24-20(23(35)31(24)21(15)25(36)37)29-22(34)19(13-3-6-17(33)7-4-13)30-26(38)40-9-14-2-5-16(27)8-18(14)28/h2-8,19-20,24,33H,9-11H2,1H3,(H,29,34)(H,30,38)(H,36,37)/t19?,20-,24+/m0/s1. The van der Waals surface area contributed by atoms with Gasteiger partial charge in [0.2, 0.25) is 5.91 Å². The van der Waals surface area contributed by atoms with Crippen LogP contribution < -0.4 is 10.6 Å². The number of carbonyl (C=O) groups excluding carboxylic acids is 4. The first-order chi connectivity index (χ1) is 19.5. The highest BCUT2D eigenvalue weighted by molar-refractivity contribution is 8.00. The molecule has 2 heterocycles. The fourth-order valence-corrected chi connectivity index (χ4v) is 5.92. The fraction of sp³-hybridized carbons (Fsp3) is 0.269. The number of fused-ring (bicyclic) bond motifs is 1. The number of phenols is 1. The van der Waals surface area contributed by atoms with E-state index in [0.717, 1.165) is 4.90 Å². The second-order valence-corrected chi connectivity index (χ2v) is 10.9. The van der Waals surface area contributed by atoms with Crippen LogP contribution in [0.15, 0.2) is 53.7 Å². The quantitative estimate of drug-likeness (QED) is 0.240. The van der Waals surface area contributed by atoms with Crippen molar-refractivity contribution in [1.29, 1.82) is 0 Å². The Labute approximate surface area is 247 Å². The minimum atomic E-state index is -1.37. The number of aliphatic carboxylic acids is 1. The molecule has 0 spiro atoms. The van der Waals surface area contributed by atoms with Gasteiger partial charge >= 0.3 is 18.0 Å². The highest BCUT2D eigenvalue weighted by atomic mass is 35.5. The zero-order valence-electron chi connectivity index (χ0n) is 21.3. The number of alkyl carbamates (subject to hydrolysis) is 1. The maximum absolute atomic E-state index is 13.4. The molecule has 1 fully saturated rings. The monoisotopic (exact) mass is 623 g/mol. The van der Waals surface area contributed by atoms with E-state index in [9.17, 15) is 34.2 Å². The molecule has 2 aliphatic heterocycles. The van der Waals surface area contributed by atoms with Crippen LogP contribution in [0.4, 0.5) is 4.79 Å². The lowest BCUT2D eigenvalue weighted by molar-refractivity contribution is -0.151. The third kappa shape index (κ3) is 6.87. The molecule has 0 aromatic heterocycles. The Morgan fingerprint density at radius 2 is 1.80 bits per heavy atom. The summed E-state index contributed by atoms with van der Waals surface area (Å²) in [6.45, 7) is 0.676. The molecule has 2 aromatic rings. The van der Waals surface area contributed by atoms with Gasteiger partial charge in [0, 0.05) is 33.9 Å². The van der Waals surface area contributed by atoms with E-state index in [2.05, 4.69) is 10.6 Å². The first kappa shape index (κ1) is 30.0. The van der Waals surface area contributed by atoms with Crippen molar-refractivity contribution in [2.75, 3.05) is 12.4 Å². The molecule has 3 amide bonds. The van der Waals surface area contributed by atoms with Crippen LogP contribution in [0.3, 0.4) is 0 Å². The first-order valence-corrected chi connectivity index (χ1v) is 13.8. The van der Waals surface area contributed by atoms with E-state index in [4.69, 9.17) is 32.7 Å². The number of hydrogen-bond acceptors (Lipinski definition) is 9. The lowest BCUT2D eigenvalue weighted by Crippen LogP contribution is -2.71. The van der Waals surface area contributed by atoms with Crippen LogP contribution in [0, 0.1) is 0 Å². The number of amides is 3. The van der Waals surface area contributed by atoms with Crippen LogP contribution >= 0.6 is 35.0 Å². The molecule has 4 rings (SSSR count). The Bertz CT molecular complexity index is 1430. The molecule has 4 N–H and O–H groups in total.